The molecule has 1 aromatic rings. The molecule has 2 heterocycles. The van der Waals surface area contributed by atoms with Crippen LogP contribution in [0.15, 0.2) is 30.3 Å². The van der Waals surface area contributed by atoms with Gasteiger partial charge in [0.2, 0.25) is 0 Å². The molecule has 0 bridgehead atoms. The van der Waals surface area contributed by atoms with Gasteiger partial charge in [-0.3, -0.25) is 4.79 Å². The summed E-state index contributed by atoms with van der Waals surface area (Å²) in [4.78, 5) is 33.9. The molecule has 0 spiro atoms. The third-order valence-corrected chi connectivity index (χ3v) is 5.85. The average Bonchev–Trinajstić information content (AvgIpc) is 2.91. The van der Waals surface area contributed by atoms with E-state index in [1.165, 1.54) is 7.11 Å². The van der Waals surface area contributed by atoms with Gasteiger partial charge in [-0.2, -0.15) is 0 Å². The molecule has 2 fully saturated rings. The summed E-state index contributed by atoms with van der Waals surface area (Å²) in [5.41, 5.74) is 0.920. The second-order valence-electron chi connectivity index (χ2n) is 8.93. The van der Waals surface area contributed by atoms with Gasteiger partial charge in [0.05, 0.1) is 33.5 Å². The van der Waals surface area contributed by atoms with Crippen LogP contribution in [-0.2, 0) is 44.8 Å². The van der Waals surface area contributed by atoms with Crippen molar-refractivity contribution in [3.8, 4) is 0 Å². The fourth-order valence-electron chi connectivity index (χ4n) is 3.55. The summed E-state index contributed by atoms with van der Waals surface area (Å²) >= 11 is 0. The molecule has 0 aromatic heterocycles. The molecular weight excluding hydrogens is 582 g/mol. The smallest absolute Gasteiger partial charge is 1.00 e. The van der Waals surface area contributed by atoms with Crippen LogP contribution in [0.5, 0.6) is 0 Å². The van der Waals surface area contributed by atoms with Crippen LogP contribution in [-0.4, -0.2) is 86.6 Å². The Morgan fingerprint density at radius 1 is 0.950 bits per heavy atom. The maximum Gasteiger partial charge on any atom is 1.00 e. The van der Waals surface area contributed by atoms with Gasteiger partial charge in [0.15, 0.2) is 12.2 Å². The number of aliphatic hydroxyl groups is 3. The molecule has 4 atom stereocenters. The van der Waals surface area contributed by atoms with Crippen molar-refractivity contribution in [3.63, 3.8) is 0 Å². The van der Waals surface area contributed by atoms with Gasteiger partial charge < -0.3 is 45.8 Å². The Hall–Kier alpha value is 0.663. The van der Waals surface area contributed by atoms with Crippen molar-refractivity contribution in [2.45, 2.75) is 45.5 Å². The Balaban J connectivity index is -0.000000274. The Bertz CT molecular complexity index is 770. The standard InChI is InChI=1S/C15H20O4.C9H16O4.CH2O3.CH4O.2K.H/c1-11(7-13-8-18-9-13)14(16)15(17)19-10-12-5-3-2-4-6-12;1-6(3-7-4-13-5-7)8(10)9(11)12-2;2-1-4-3;1-2;;;/h2-6,11,13-14,16H,7-10H2,1H3;6-8,10H,3-5H2,1-2H3;1,3H;2H,1H3;;;/q;;;;2*+1;-1/p-1. The average molecular weight is 625 g/mol. The number of rotatable bonds is 11. The molecule has 2 aliphatic rings. The molecule has 0 aliphatic carbocycles. The van der Waals surface area contributed by atoms with Gasteiger partial charge in [-0.25, -0.2) is 9.59 Å². The first-order chi connectivity index (χ1) is 18.2. The summed E-state index contributed by atoms with van der Waals surface area (Å²) in [5.74, 6) is -0.288. The van der Waals surface area contributed by atoms with E-state index in [0.29, 0.717) is 11.8 Å². The van der Waals surface area contributed by atoms with E-state index in [0.717, 1.165) is 51.9 Å². The molecule has 0 radical (unpaired) electrons. The van der Waals surface area contributed by atoms with E-state index in [1.54, 1.807) is 0 Å². The van der Waals surface area contributed by atoms with Gasteiger partial charge in [0.1, 0.15) is 6.61 Å². The molecule has 12 nitrogen and oxygen atoms in total. The number of ether oxygens (including phenoxy) is 4. The van der Waals surface area contributed by atoms with E-state index in [-0.39, 0.29) is 129 Å². The van der Waals surface area contributed by atoms with E-state index in [4.69, 9.17) is 29.4 Å². The second-order valence-corrected chi connectivity index (χ2v) is 8.93. The summed E-state index contributed by atoms with van der Waals surface area (Å²) in [6.45, 7) is 6.70. The number of esters is 2. The van der Waals surface area contributed by atoms with Crippen molar-refractivity contribution in [1.82, 2.24) is 0 Å². The predicted molar refractivity (Wildman–Crippen MR) is 133 cm³/mol. The molecule has 2 saturated heterocycles. The van der Waals surface area contributed by atoms with Crippen LogP contribution in [0, 0.1) is 23.7 Å². The summed E-state index contributed by atoms with van der Waals surface area (Å²) in [7, 11) is 2.28. The van der Waals surface area contributed by atoms with Crippen LogP contribution in [0.2, 0.25) is 0 Å². The third-order valence-electron chi connectivity index (χ3n) is 5.85. The van der Waals surface area contributed by atoms with Gasteiger partial charge in [-0.05, 0) is 30.2 Å². The fourth-order valence-corrected chi connectivity index (χ4v) is 3.55. The first-order valence-corrected chi connectivity index (χ1v) is 12.2. The van der Waals surface area contributed by atoms with Gasteiger partial charge >= 0.3 is 115 Å². The molecule has 2 aliphatic heterocycles. The van der Waals surface area contributed by atoms with E-state index in [9.17, 15) is 19.8 Å². The van der Waals surface area contributed by atoms with Crippen molar-refractivity contribution in [2.75, 3.05) is 40.6 Å². The zero-order chi connectivity index (χ0) is 28.9. The van der Waals surface area contributed by atoms with Crippen molar-refractivity contribution in [1.29, 1.82) is 0 Å². The Morgan fingerprint density at radius 2 is 1.35 bits per heavy atom. The van der Waals surface area contributed by atoms with Crippen molar-refractivity contribution in [2.24, 2.45) is 23.7 Å². The summed E-state index contributed by atoms with van der Waals surface area (Å²) in [6, 6.07) is 9.45. The first kappa shape index (κ1) is 45.1. The van der Waals surface area contributed by atoms with Gasteiger partial charge in [0, 0.05) is 18.9 Å². The van der Waals surface area contributed by atoms with Gasteiger partial charge in [-0.15, -0.1) is 0 Å². The Labute approximate surface area is 322 Å². The van der Waals surface area contributed by atoms with Crippen molar-refractivity contribution < 1.29 is 163 Å². The van der Waals surface area contributed by atoms with Crippen LogP contribution in [0.4, 0.5) is 0 Å². The number of benzene rings is 1. The predicted octanol–water partition coefficient (Wildman–Crippen LogP) is -5.88. The molecule has 0 amide bonds. The van der Waals surface area contributed by atoms with Crippen LogP contribution in [0.25, 0.3) is 0 Å². The molecular formula is C26H42K2O12. The van der Waals surface area contributed by atoms with Crippen molar-refractivity contribution in [3.05, 3.63) is 35.9 Å². The fraction of sp³-hybridized carbons (Fsp3) is 0.654. The van der Waals surface area contributed by atoms with Crippen LogP contribution >= 0.6 is 0 Å². The topological polar surface area (TPSA) is 181 Å². The minimum atomic E-state index is -1.05. The van der Waals surface area contributed by atoms with Crippen molar-refractivity contribution >= 4 is 18.4 Å². The number of carbonyl (C=O) groups excluding carboxylic acids is 3. The summed E-state index contributed by atoms with van der Waals surface area (Å²) in [6.07, 6.45) is -0.437. The molecule has 4 unspecified atom stereocenters. The minimum absolute atomic E-state index is 0. The van der Waals surface area contributed by atoms with E-state index in [1.807, 2.05) is 44.2 Å². The summed E-state index contributed by atoms with van der Waals surface area (Å²) in [5, 5.41) is 34.8. The number of aliphatic hydroxyl groups excluding tert-OH is 3. The maximum atomic E-state index is 11.7. The zero-order valence-corrected chi connectivity index (χ0v) is 30.6. The van der Waals surface area contributed by atoms with E-state index in [2.05, 4.69) is 9.62 Å². The molecule has 0 saturated carbocycles. The number of hydrogen-bond donors (Lipinski definition) is 3. The number of methoxy groups -OCH3 is 1. The SMILES string of the molecule is CC(CC1COC1)C(O)C(=O)OCc1ccccc1.CO.COC(=O)C(O)C(C)CC1COC1.O=CO[O-].[H-].[K+].[K+]. The molecule has 1 aromatic carbocycles. The molecule has 3 rings (SSSR count). The summed E-state index contributed by atoms with van der Waals surface area (Å²) < 4.78 is 19.7. The third kappa shape index (κ3) is 19.8. The molecule has 40 heavy (non-hydrogen) atoms. The van der Waals surface area contributed by atoms with Crippen LogP contribution in [0.3, 0.4) is 0 Å². The van der Waals surface area contributed by atoms with Crippen LogP contribution in [0.1, 0.15) is 33.7 Å². The minimum Gasteiger partial charge on any atom is -1.00 e. The largest absolute Gasteiger partial charge is 1.00 e. The number of carbonyl (C=O) groups is 3. The molecule has 14 heteroatoms. The number of hydrogen-bond acceptors (Lipinski definition) is 12. The normalized spacial score (nSPS) is 16.5. The second kappa shape index (κ2) is 28.4. The molecule has 220 valence electrons. The van der Waals surface area contributed by atoms with Gasteiger partial charge in [-0.1, -0.05) is 44.2 Å². The monoisotopic (exact) mass is 624 g/mol. The first-order valence-electron chi connectivity index (χ1n) is 12.2. The van der Waals surface area contributed by atoms with E-state index < -0.39 is 24.1 Å². The quantitative estimate of drug-likeness (QED) is 0.0699. The van der Waals surface area contributed by atoms with Gasteiger partial charge in [0.25, 0.3) is 6.47 Å². The Kier molecular flexibility index (Phi) is 32.1. The Morgan fingerprint density at radius 3 is 1.68 bits per heavy atom. The molecule has 3 N–H and O–H groups in total. The zero-order valence-electron chi connectivity index (χ0n) is 25.4. The van der Waals surface area contributed by atoms with E-state index >= 15 is 0 Å². The maximum absolute atomic E-state index is 11.7. The van der Waals surface area contributed by atoms with Crippen LogP contribution < -0.4 is 108 Å².